The van der Waals surface area contributed by atoms with E-state index in [1.807, 2.05) is 42.5 Å². The number of amides is 2. The van der Waals surface area contributed by atoms with Crippen LogP contribution in [0.4, 0.5) is 17.1 Å². The number of thioether (sulfide) groups is 1. The van der Waals surface area contributed by atoms with E-state index in [0.717, 1.165) is 16.3 Å². The zero-order chi connectivity index (χ0) is 25.5. The van der Waals surface area contributed by atoms with Gasteiger partial charge in [-0.2, -0.15) is 10.1 Å². The molecule has 10 heteroatoms. The number of Topliss-reactive ketones (excluding diaryl/α,β-unsaturated/α-hetero) is 1. The number of nitrogens with one attached hydrogen (secondary N) is 3. The van der Waals surface area contributed by atoms with E-state index < -0.39 is 0 Å². The molecule has 1 heterocycles. The molecule has 0 aromatic heterocycles. The maximum absolute atomic E-state index is 12.4. The fourth-order valence-electron chi connectivity index (χ4n) is 3.36. The average molecular weight is 518 g/mol. The van der Waals surface area contributed by atoms with E-state index in [0.29, 0.717) is 22.2 Å². The van der Waals surface area contributed by atoms with Gasteiger partial charge in [0.1, 0.15) is 5.84 Å². The maximum Gasteiger partial charge on any atom is 0.255 e. The minimum absolute atomic E-state index is 0.00382. The Morgan fingerprint density at radius 3 is 2.39 bits per heavy atom. The zero-order valence-electron chi connectivity index (χ0n) is 19.4. The van der Waals surface area contributed by atoms with Crippen LogP contribution < -0.4 is 21.0 Å². The summed E-state index contributed by atoms with van der Waals surface area (Å²) in [5.41, 5.74) is 2.82. The first-order chi connectivity index (χ1) is 17.4. The Labute approximate surface area is 218 Å². The van der Waals surface area contributed by atoms with Crippen molar-refractivity contribution >= 4 is 69.6 Å². The summed E-state index contributed by atoms with van der Waals surface area (Å²) >= 11 is 6.74. The van der Waals surface area contributed by atoms with Gasteiger partial charge in [-0.05, 0) is 73.7 Å². The highest BCUT2D eigenvalue weighted by molar-refractivity contribution is 8.00. The number of rotatable bonds is 7. The van der Waals surface area contributed by atoms with Crippen molar-refractivity contribution in [2.24, 2.45) is 5.10 Å². The number of hydrogen-bond donors (Lipinski definition) is 3. The van der Waals surface area contributed by atoms with Crippen LogP contribution in [0.25, 0.3) is 0 Å². The van der Waals surface area contributed by atoms with Gasteiger partial charge in [0.2, 0.25) is 5.91 Å². The summed E-state index contributed by atoms with van der Waals surface area (Å²) in [6.45, 7) is 1.52. The van der Waals surface area contributed by atoms with Crippen molar-refractivity contribution in [3.63, 3.8) is 0 Å². The second-order valence-corrected chi connectivity index (χ2v) is 9.30. The topological polar surface area (TPSA) is 103 Å². The highest BCUT2D eigenvalue weighted by atomic mass is 32.2. The van der Waals surface area contributed by atoms with Crippen LogP contribution in [0.2, 0.25) is 0 Å². The summed E-state index contributed by atoms with van der Waals surface area (Å²) in [6, 6.07) is 23.6. The van der Waals surface area contributed by atoms with Crippen molar-refractivity contribution in [3.8, 4) is 0 Å². The number of nitrogens with zero attached hydrogens (tertiary/aromatic N) is 2. The standard InChI is InChI=1S/C26H23N5O3S2/c1-17(32)18-10-12-19(13-11-18)27-26(35)28-20-6-5-9-22(14-20)36-16-24(33)29-23-15-25(34)31(30-23)21-7-3-2-4-8-21/h2-14H,15-16H2,1H3,(H2,27,28,35)(H,29,30,33). The Kier molecular flexibility index (Phi) is 8.09. The lowest BCUT2D eigenvalue weighted by molar-refractivity contribution is -0.117. The van der Waals surface area contributed by atoms with Gasteiger partial charge in [-0.15, -0.1) is 11.8 Å². The summed E-state index contributed by atoms with van der Waals surface area (Å²) < 4.78 is 0. The lowest BCUT2D eigenvalue weighted by Gasteiger charge is -2.12. The Morgan fingerprint density at radius 2 is 1.67 bits per heavy atom. The average Bonchev–Trinajstić information content (AvgIpc) is 3.23. The quantitative estimate of drug-likeness (QED) is 0.238. The van der Waals surface area contributed by atoms with Gasteiger partial charge in [-0.1, -0.05) is 24.3 Å². The number of benzene rings is 3. The van der Waals surface area contributed by atoms with Crippen LogP contribution in [0, 0.1) is 0 Å². The van der Waals surface area contributed by atoms with Crippen LogP contribution in [-0.4, -0.2) is 34.3 Å². The number of amidine groups is 1. The molecule has 4 rings (SSSR count). The second-order valence-electron chi connectivity index (χ2n) is 7.84. The van der Waals surface area contributed by atoms with Gasteiger partial charge >= 0.3 is 0 Å². The van der Waals surface area contributed by atoms with Gasteiger partial charge in [0.25, 0.3) is 5.91 Å². The highest BCUT2D eigenvalue weighted by Gasteiger charge is 2.26. The minimum atomic E-state index is -0.244. The molecule has 0 saturated heterocycles. The predicted octanol–water partition coefficient (Wildman–Crippen LogP) is 4.66. The number of ketones is 1. The van der Waals surface area contributed by atoms with Crippen molar-refractivity contribution in [3.05, 3.63) is 84.4 Å². The number of carbonyl (C=O) groups excluding carboxylic acids is 3. The first-order valence-electron chi connectivity index (χ1n) is 11.0. The Balaban J connectivity index is 1.27. The Morgan fingerprint density at radius 1 is 0.944 bits per heavy atom. The third kappa shape index (κ3) is 6.77. The largest absolute Gasteiger partial charge is 0.332 e. The molecular weight excluding hydrogens is 494 g/mol. The number of hydrazone groups is 1. The Hall–Kier alpha value is -4.02. The molecule has 3 aromatic rings. The molecule has 182 valence electrons. The van der Waals surface area contributed by atoms with E-state index in [4.69, 9.17) is 12.2 Å². The molecular formula is C26H23N5O3S2. The molecule has 36 heavy (non-hydrogen) atoms. The molecule has 0 radical (unpaired) electrons. The number of hydrogen-bond acceptors (Lipinski definition) is 6. The van der Waals surface area contributed by atoms with Crippen molar-refractivity contribution < 1.29 is 14.4 Å². The number of anilines is 3. The number of carbonyl (C=O) groups is 3. The van der Waals surface area contributed by atoms with Crippen LogP contribution in [0.5, 0.6) is 0 Å². The van der Waals surface area contributed by atoms with Gasteiger partial charge in [0, 0.05) is 21.8 Å². The molecule has 0 unspecified atom stereocenters. The van der Waals surface area contributed by atoms with Crippen molar-refractivity contribution in [1.82, 2.24) is 5.32 Å². The third-order valence-electron chi connectivity index (χ3n) is 5.07. The molecule has 1 aliphatic heterocycles. The molecule has 0 saturated carbocycles. The van der Waals surface area contributed by atoms with Gasteiger partial charge < -0.3 is 16.0 Å². The van der Waals surface area contributed by atoms with E-state index in [9.17, 15) is 14.4 Å². The predicted molar refractivity (Wildman–Crippen MR) is 148 cm³/mol. The third-order valence-corrected chi connectivity index (χ3v) is 6.27. The van der Waals surface area contributed by atoms with E-state index >= 15 is 0 Å². The van der Waals surface area contributed by atoms with Crippen molar-refractivity contribution in [1.29, 1.82) is 0 Å². The summed E-state index contributed by atoms with van der Waals surface area (Å²) in [6.07, 6.45) is 0.0482. The molecule has 1 aliphatic rings. The van der Waals surface area contributed by atoms with Crippen LogP contribution in [0.1, 0.15) is 23.7 Å². The second kappa shape index (κ2) is 11.6. The van der Waals surface area contributed by atoms with Gasteiger partial charge in [-0.25, -0.2) is 0 Å². The lowest BCUT2D eigenvalue weighted by atomic mass is 10.1. The zero-order valence-corrected chi connectivity index (χ0v) is 21.0. The van der Waals surface area contributed by atoms with Gasteiger partial charge in [0.15, 0.2) is 10.9 Å². The molecule has 3 N–H and O–H groups in total. The lowest BCUT2D eigenvalue weighted by Crippen LogP contribution is -2.31. The molecule has 0 fully saturated rings. The smallest absolute Gasteiger partial charge is 0.255 e. The van der Waals surface area contributed by atoms with Crippen LogP contribution >= 0.6 is 24.0 Å². The summed E-state index contributed by atoms with van der Waals surface area (Å²) in [7, 11) is 0. The van der Waals surface area contributed by atoms with E-state index in [-0.39, 0.29) is 29.8 Å². The fourth-order valence-corrected chi connectivity index (χ4v) is 4.35. The van der Waals surface area contributed by atoms with E-state index in [1.165, 1.54) is 23.7 Å². The van der Waals surface area contributed by atoms with Crippen LogP contribution in [0.15, 0.2) is 88.9 Å². The summed E-state index contributed by atoms with van der Waals surface area (Å²) in [5, 5.41) is 14.9. The molecule has 0 spiro atoms. The highest BCUT2D eigenvalue weighted by Crippen LogP contribution is 2.23. The van der Waals surface area contributed by atoms with Gasteiger partial charge in [-0.3, -0.25) is 14.4 Å². The monoisotopic (exact) mass is 517 g/mol. The molecule has 0 aliphatic carbocycles. The normalized spacial score (nSPS) is 12.6. The first-order valence-corrected chi connectivity index (χ1v) is 12.4. The molecule has 0 bridgehead atoms. The van der Waals surface area contributed by atoms with E-state index in [1.54, 1.807) is 36.4 Å². The molecule has 0 atom stereocenters. The SMILES string of the molecule is CC(=O)c1ccc(NC(=S)Nc2cccc(SCC(=O)NC3=NN(c4ccccc4)C(=O)C3)c2)cc1. The van der Waals surface area contributed by atoms with E-state index in [2.05, 4.69) is 21.1 Å². The molecule has 2 amide bonds. The van der Waals surface area contributed by atoms with Crippen LogP contribution in [0.3, 0.4) is 0 Å². The number of thiocarbonyl (C=S) groups is 1. The number of para-hydroxylation sites is 1. The Bertz CT molecular complexity index is 1330. The maximum atomic E-state index is 12.4. The van der Waals surface area contributed by atoms with Crippen molar-refractivity contribution in [2.45, 2.75) is 18.2 Å². The minimum Gasteiger partial charge on any atom is -0.332 e. The fraction of sp³-hybridized carbons (Fsp3) is 0.115. The summed E-state index contributed by atoms with van der Waals surface area (Å²) in [4.78, 5) is 37.0. The van der Waals surface area contributed by atoms with Crippen molar-refractivity contribution in [2.75, 3.05) is 21.4 Å². The summed E-state index contributed by atoms with van der Waals surface area (Å²) in [5.74, 6) is 0.0581. The molecule has 8 nitrogen and oxygen atoms in total. The molecule has 3 aromatic carbocycles. The van der Waals surface area contributed by atoms with Crippen LogP contribution in [-0.2, 0) is 9.59 Å². The van der Waals surface area contributed by atoms with Gasteiger partial charge in [0.05, 0.1) is 17.9 Å². The first kappa shape index (κ1) is 25.1.